The SMILES string of the molecule is Nc1ccccc1NC(=O)c1ccc(OC2CCN(C3COC3)C2)cc1. The molecule has 26 heavy (non-hydrogen) atoms. The number of nitrogens with zero attached hydrogens (tertiary/aromatic N) is 1. The van der Waals surface area contributed by atoms with Crippen LogP contribution in [0, 0.1) is 0 Å². The molecule has 2 aliphatic heterocycles. The molecule has 6 nitrogen and oxygen atoms in total. The number of carbonyl (C=O) groups excluding carboxylic acids is 1. The summed E-state index contributed by atoms with van der Waals surface area (Å²) in [5.74, 6) is 0.601. The number of amides is 1. The standard InChI is InChI=1S/C20H23N3O3/c21-18-3-1-2-4-19(18)22-20(24)14-5-7-16(8-6-14)26-17-9-10-23(11-17)15-12-25-13-15/h1-8,15,17H,9-13,21H2,(H,22,24). The van der Waals surface area contributed by atoms with Gasteiger partial charge in [0.25, 0.3) is 5.91 Å². The molecular weight excluding hydrogens is 330 g/mol. The van der Waals surface area contributed by atoms with E-state index >= 15 is 0 Å². The molecule has 136 valence electrons. The Morgan fingerprint density at radius 2 is 1.92 bits per heavy atom. The molecule has 0 bridgehead atoms. The summed E-state index contributed by atoms with van der Waals surface area (Å²) in [6, 6.07) is 15.0. The van der Waals surface area contributed by atoms with Crippen LogP contribution in [0.25, 0.3) is 0 Å². The first-order valence-electron chi connectivity index (χ1n) is 8.93. The molecule has 0 spiro atoms. The van der Waals surface area contributed by atoms with Gasteiger partial charge < -0.3 is 20.5 Å². The van der Waals surface area contributed by atoms with Crippen molar-refractivity contribution in [3.63, 3.8) is 0 Å². The Labute approximate surface area is 152 Å². The molecule has 0 aliphatic carbocycles. The van der Waals surface area contributed by atoms with Crippen molar-refractivity contribution in [3.8, 4) is 5.75 Å². The van der Waals surface area contributed by atoms with Gasteiger partial charge in [-0.25, -0.2) is 0 Å². The van der Waals surface area contributed by atoms with Gasteiger partial charge in [0.15, 0.2) is 0 Å². The number of ether oxygens (including phenoxy) is 2. The molecule has 0 radical (unpaired) electrons. The summed E-state index contributed by atoms with van der Waals surface area (Å²) in [5, 5.41) is 2.83. The number of likely N-dealkylation sites (tertiary alicyclic amines) is 1. The van der Waals surface area contributed by atoms with Gasteiger partial charge in [0.2, 0.25) is 0 Å². The first-order chi connectivity index (χ1) is 12.7. The summed E-state index contributed by atoms with van der Waals surface area (Å²) in [6.45, 7) is 3.66. The summed E-state index contributed by atoms with van der Waals surface area (Å²) in [6.07, 6.45) is 1.21. The van der Waals surface area contributed by atoms with Gasteiger partial charge in [0, 0.05) is 18.7 Å². The lowest BCUT2D eigenvalue weighted by molar-refractivity contribution is -0.0592. The summed E-state index contributed by atoms with van der Waals surface area (Å²) >= 11 is 0. The van der Waals surface area contributed by atoms with Crippen molar-refractivity contribution in [1.29, 1.82) is 0 Å². The first kappa shape index (κ1) is 16.9. The molecule has 1 atom stereocenters. The second-order valence-electron chi connectivity index (χ2n) is 6.78. The van der Waals surface area contributed by atoms with Crippen LogP contribution in [0.4, 0.5) is 11.4 Å². The van der Waals surface area contributed by atoms with Crippen LogP contribution >= 0.6 is 0 Å². The topological polar surface area (TPSA) is 76.8 Å². The number of nitrogens with two attached hydrogens (primary N) is 1. The molecule has 2 aromatic carbocycles. The molecule has 2 heterocycles. The lowest BCUT2D eigenvalue weighted by atomic mass is 10.2. The summed E-state index contributed by atoms with van der Waals surface area (Å²) in [5.41, 5.74) is 7.59. The van der Waals surface area contributed by atoms with Gasteiger partial charge in [-0.3, -0.25) is 9.69 Å². The molecule has 2 aromatic rings. The summed E-state index contributed by atoms with van der Waals surface area (Å²) < 4.78 is 11.3. The van der Waals surface area contributed by atoms with E-state index in [0.717, 1.165) is 38.5 Å². The van der Waals surface area contributed by atoms with E-state index in [0.29, 0.717) is 23.0 Å². The number of nitrogens with one attached hydrogen (secondary N) is 1. The molecule has 1 amide bonds. The highest BCUT2D eigenvalue weighted by molar-refractivity contribution is 6.05. The van der Waals surface area contributed by atoms with E-state index in [1.54, 1.807) is 24.3 Å². The average Bonchev–Trinajstić information content (AvgIpc) is 3.04. The Kier molecular flexibility index (Phi) is 4.77. The van der Waals surface area contributed by atoms with Gasteiger partial charge in [-0.05, 0) is 42.8 Å². The second-order valence-corrected chi connectivity index (χ2v) is 6.78. The maximum atomic E-state index is 12.4. The molecular formula is C20H23N3O3. The monoisotopic (exact) mass is 353 g/mol. The maximum Gasteiger partial charge on any atom is 0.255 e. The van der Waals surface area contributed by atoms with Crippen LogP contribution in [0.15, 0.2) is 48.5 Å². The summed E-state index contributed by atoms with van der Waals surface area (Å²) in [4.78, 5) is 14.8. The van der Waals surface area contributed by atoms with Gasteiger partial charge >= 0.3 is 0 Å². The quantitative estimate of drug-likeness (QED) is 0.807. The third-order valence-electron chi connectivity index (χ3n) is 4.94. The van der Waals surface area contributed by atoms with Crippen LogP contribution in [0.2, 0.25) is 0 Å². The van der Waals surface area contributed by atoms with E-state index in [1.165, 1.54) is 0 Å². The molecule has 2 fully saturated rings. The Balaban J connectivity index is 1.33. The van der Waals surface area contributed by atoms with Gasteiger partial charge in [0.05, 0.1) is 30.6 Å². The number of benzene rings is 2. The van der Waals surface area contributed by atoms with Crippen molar-refractivity contribution < 1.29 is 14.3 Å². The molecule has 4 rings (SSSR count). The van der Waals surface area contributed by atoms with E-state index in [1.807, 2.05) is 24.3 Å². The Morgan fingerprint density at radius 1 is 1.15 bits per heavy atom. The Hall–Kier alpha value is -2.57. The molecule has 2 aliphatic rings. The smallest absolute Gasteiger partial charge is 0.255 e. The second kappa shape index (κ2) is 7.35. The number of rotatable bonds is 5. The normalized spacial score (nSPS) is 20.5. The highest BCUT2D eigenvalue weighted by Gasteiger charge is 2.33. The van der Waals surface area contributed by atoms with Crippen molar-refractivity contribution in [2.24, 2.45) is 0 Å². The molecule has 3 N–H and O–H groups in total. The van der Waals surface area contributed by atoms with E-state index in [4.69, 9.17) is 15.2 Å². The maximum absolute atomic E-state index is 12.4. The minimum absolute atomic E-state index is 0.188. The number of hydrogen-bond donors (Lipinski definition) is 2. The van der Waals surface area contributed by atoms with Crippen LogP contribution in [0.1, 0.15) is 16.8 Å². The predicted molar refractivity (Wildman–Crippen MR) is 100 cm³/mol. The highest BCUT2D eigenvalue weighted by Crippen LogP contribution is 2.23. The van der Waals surface area contributed by atoms with Gasteiger partial charge in [0.1, 0.15) is 11.9 Å². The first-order valence-corrected chi connectivity index (χ1v) is 8.93. The zero-order chi connectivity index (χ0) is 17.9. The van der Waals surface area contributed by atoms with E-state index < -0.39 is 0 Å². The molecule has 0 aromatic heterocycles. The van der Waals surface area contributed by atoms with Crippen LogP contribution in [0.5, 0.6) is 5.75 Å². The van der Waals surface area contributed by atoms with Crippen molar-refractivity contribution in [2.75, 3.05) is 37.4 Å². The minimum Gasteiger partial charge on any atom is -0.489 e. The van der Waals surface area contributed by atoms with Crippen LogP contribution in [0.3, 0.4) is 0 Å². The number of nitrogen functional groups attached to an aromatic ring is 1. The fourth-order valence-electron chi connectivity index (χ4n) is 3.30. The molecule has 6 heteroatoms. The van der Waals surface area contributed by atoms with Crippen LogP contribution < -0.4 is 15.8 Å². The zero-order valence-electron chi connectivity index (χ0n) is 14.6. The molecule has 0 saturated carbocycles. The van der Waals surface area contributed by atoms with Gasteiger partial charge in [-0.1, -0.05) is 12.1 Å². The van der Waals surface area contributed by atoms with Crippen molar-refractivity contribution >= 4 is 17.3 Å². The number of para-hydroxylation sites is 2. The van der Waals surface area contributed by atoms with Crippen molar-refractivity contribution in [2.45, 2.75) is 18.6 Å². The van der Waals surface area contributed by atoms with Crippen molar-refractivity contribution in [3.05, 3.63) is 54.1 Å². The zero-order valence-corrected chi connectivity index (χ0v) is 14.6. The van der Waals surface area contributed by atoms with Crippen molar-refractivity contribution in [1.82, 2.24) is 4.90 Å². The van der Waals surface area contributed by atoms with E-state index in [-0.39, 0.29) is 12.0 Å². The molecule has 1 unspecified atom stereocenters. The fourth-order valence-corrected chi connectivity index (χ4v) is 3.30. The number of carbonyl (C=O) groups is 1. The third-order valence-corrected chi connectivity index (χ3v) is 4.94. The highest BCUT2D eigenvalue weighted by atomic mass is 16.5. The minimum atomic E-state index is -0.188. The number of anilines is 2. The Morgan fingerprint density at radius 3 is 2.62 bits per heavy atom. The van der Waals surface area contributed by atoms with E-state index in [9.17, 15) is 4.79 Å². The average molecular weight is 353 g/mol. The lowest BCUT2D eigenvalue weighted by Crippen LogP contribution is -2.48. The van der Waals surface area contributed by atoms with Crippen LogP contribution in [-0.2, 0) is 4.74 Å². The van der Waals surface area contributed by atoms with Gasteiger partial charge in [-0.2, -0.15) is 0 Å². The third kappa shape index (κ3) is 3.66. The molecule has 2 saturated heterocycles. The van der Waals surface area contributed by atoms with Crippen LogP contribution in [-0.4, -0.2) is 49.3 Å². The lowest BCUT2D eigenvalue weighted by Gasteiger charge is -2.34. The predicted octanol–water partition coefficient (Wildman–Crippen LogP) is 2.37. The van der Waals surface area contributed by atoms with E-state index in [2.05, 4.69) is 10.2 Å². The summed E-state index contributed by atoms with van der Waals surface area (Å²) in [7, 11) is 0. The number of hydrogen-bond acceptors (Lipinski definition) is 5. The van der Waals surface area contributed by atoms with Gasteiger partial charge in [-0.15, -0.1) is 0 Å². The fraction of sp³-hybridized carbons (Fsp3) is 0.350. The Bertz CT molecular complexity index is 774. The largest absolute Gasteiger partial charge is 0.489 e.